The van der Waals surface area contributed by atoms with Crippen LogP contribution in [0.25, 0.3) is 0 Å². The number of aldehydes is 1. The molecule has 5 heteroatoms. The van der Waals surface area contributed by atoms with Crippen LogP contribution in [0.3, 0.4) is 0 Å². The van der Waals surface area contributed by atoms with Gasteiger partial charge in [0.15, 0.2) is 6.29 Å². The Labute approximate surface area is 115 Å². The molecule has 1 aromatic carbocycles. The highest BCUT2D eigenvalue weighted by molar-refractivity contribution is 6.32. The molecule has 0 bridgehead atoms. The van der Waals surface area contributed by atoms with Gasteiger partial charge in [0.2, 0.25) is 0 Å². The number of benzene rings is 1. The molecule has 1 unspecified atom stereocenters. The van der Waals surface area contributed by atoms with E-state index in [1.807, 2.05) is 6.07 Å². The van der Waals surface area contributed by atoms with Crippen molar-refractivity contribution in [2.24, 2.45) is 0 Å². The van der Waals surface area contributed by atoms with Crippen LogP contribution in [-0.2, 0) is 6.42 Å². The maximum atomic E-state index is 11.0. The Hall–Kier alpha value is -1.94. The van der Waals surface area contributed by atoms with Crippen LogP contribution in [0.5, 0.6) is 0 Å². The van der Waals surface area contributed by atoms with Gasteiger partial charge in [0, 0.05) is 12.5 Å². The molecule has 0 aliphatic heterocycles. The molecule has 0 fully saturated rings. The van der Waals surface area contributed by atoms with Crippen molar-refractivity contribution in [3.05, 3.63) is 52.4 Å². The van der Waals surface area contributed by atoms with Gasteiger partial charge in [-0.3, -0.25) is 4.79 Å². The lowest BCUT2D eigenvalue weighted by Gasteiger charge is -2.30. The molecule has 0 saturated heterocycles. The summed E-state index contributed by atoms with van der Waals surface area (Å²) >= 11 is 5.85. The summed E-state index contributed by atoms with van der Waals surface area (Å²) in [4.78, 5) is 18.8. The lowest BCUT2D eigenvalue weighted by atomic mass is 9.77. The molecule has 0 spiro atoms. The van der Waals surface area contributed by atoms with Crippen molar-refractivity contribution < 1.29 is 4.79 Å². The van der Waals surface area contributed by atoms with E-state index in [0.717, 1.165) is 13.0 Å². The average Bonchev–Trinajstić information content (AvgIpc) is 2.40. The smallest absolute Gasteiger partial charge is 0.156 e. The monoisotopic (exact) mass is 273 g/mol. The number of hydrogen-bond donors (Lipinski definition) is 1. The number of hydrogen-bond acceptors (Lipinski definition) is 4. The molecule has 2 aromatic rings. The number of anilines is 1. The van der Waals surface area contributed by atoms with Crippen LogP contribution in [0, 0.1) is 0 Å². The Balaban J connectivity index is 1.72. The highest BCUT2D eigenvalue weighted by Crippen LogP contribution is 2.34. The number of aromatic nitrogens is 2. The van der Waals surface area contributed by atoms with Crippen molar-refractivity contribution >= 4 is 23.7 Å². The minimum Gasteiger partial charge on any atom is -0.369 e. The predicted molar refractivity (Wildman–Crippen MR) is 73.8 cm³/mol. The van der Waals surface area contributed by atoms with E-state index in [1.54, 1.807) is 0 Å². The van der Waals surface area contributed by atoms with Gasteiger partial charge in [-0.1, -0.05) is 35.9 Å². The molecule has 19 heavy (non-hydrogen) atoms. The molecule has 1 atom stereocenters. The molecule has 0 amide bonds. The molecular formula is C14H12ClN3O. The molecule has 0 radical (unpaired) electrons. The van der Waals surface area contributed by atoms with E-state index in [0.29, 0.717) is 23.6 Å². The molecule has 1 aromatic heterocycles. The summed E-state index contributed by atoms with van der Waals surface area (Å²) in [6.07, 6.45) is 3.09. The fourth-order valence-corrected chi connectivity index (χ4v) is 2.56. The fraction of sp³-hybridized carbons (Fsp3) is 0.214. The van der Waals surface area contributed by atoms with E-state index in [9.17, 15) is 4.79 Å². The summed E-state index contributed by atoms with van der Waals surface area (Å²) in [5.41, 5.74) is 3.07. The van der Waals surface area contributed by atoms with E-state index in [1.165, 1.54) is 17.5 Å². The first-order valence-corrected chi connectivity index (χ1v) is 6.44. The normalized spacial score (nSPS) is 16.4. The first-order valence-electron chi connectivity index (χ1n) is 6.07. The van der Waals surface area contributed by atoms with Gasteiger partial charge < -0.3 is 5.32 Å². The Bertz CT molecular complexity index is 630. The summed E-state index contributed by atoms with van der Waals surface area (Å²) in [6, 6.07) is 8.38. The number of carbonyl (C=O) groups is 1. The van der Waals surface area contributed by atoms with Crippen molar-refractivity contribution in [3.63, 3.8) is 0 Å². The number of carbonyl (C=O) groups excluding carboxylic acids is 1. The zero-order valence-electron chi connectivity index (χ0n) is 10.1. The standard InChI is InChI=1S/C14H12ClN3O/c15-13-12(7-19)14(18-8-17-13)16-6-10-5-9-3-1-2-4-11(9)10/h1-4,7-8,10H,5-6H2,(H,16,17,18). The molecule has 1 heterocycles. The number of halogens is 1. The topological polar surface area (TPSA) is 54.9 Å². The minimum absolute atomic E-state index is 0.182. The van der Waals surface area contributed by atoms with Gasteiger partial charge >= 0.3 is 0 Å². The average molecular weight is 274 g/mol. The maximum Gasteiger partial charge on any atom is 0.156 e. The zero-order chi connectivity index (χ0) is 13.2. The molecule has 4 nitrogen and oxygen atoms in total. The Morgan fingerprint density at radius 3 is 3.00 bits per heavy atom. The van der Waals surface area contributed by atoms with Crippen molar-refractivity contribution in [1.29, 1.82) is 0 Å². The third kappa shape index (κ3) is 2.19. The predicted octanol–water partition coefficient (Wildman–Crippen LogP) is 2.69. The molecule has 1 N–H and O–H groups in total. The van der Waals surface area contributed by atoms with Gasteiger partial charge in [0.05, 0.1) is 5.56 Å². The van der Waals surface area contributed by atoms with Crippen LogP contribution >= 0.6 is 11.6 Å². The summed E-state index contributed by atoms with van der Waals surface area (Å²) in [7, 11) is 0. The van der Waals surface area contributed by atoms with Gasteiger partial charge in [-0.2, -0.15) is 0 Å². The second-order valence-electron chi connectivity index (χ2n) is 4.53. The van der Waals surface area contributed by atoms with Gasteiger partial charge in [-0.05, 0) is 17.5 Å². The van der Waals surface area contributed by atoms with Crippen LogP contribution < -0.4 is 5.32 Å². The first-order chi connectivity index (χ1) is 9.29. The minimum atomic E-state index is 0.182. The Kier molecular flexibility index (Phi) is 3.17. The molecule has 0 saturated carbocycles. The van der Waals surface area contributed by atoms with Gasteiger partial charge in [0.1, 0.15) is 17.3 Å². The molecular weight excluding hydrogens is 262 g/mol. The Morgan fingerprint density at radius 2 is 2.21 bits per heavy atom. The van der Waals surface area contributed by atoms with Crippen molar-refractivity contribution in [2.75, 3.05) is 11.9 Å². The van der Waals surface area contributed by atoms with Gasteiger partial charge in [-0.25, -0.2) is 9.97 Å². The van der Waals surface area contributed by atoms with E-state index >= 15 is 0 Å². The van der Waals surface area contributed by atoms with E-state index in [-0.39, 0.29) is 5.15 Å². The third-order valence-electron chi connectivity index (χ3n) is 3.43. The van der Waals surface area contributed by atoms with Crippen LogP contribution in [0.4, 0.5) is 5.82 Å². The molecule has 3 rings (SSSR count). The number of fused-ring (bicyclic) bond motifs is 1. The van der Waals surface area contributed by atoms with Crippen molar-refractivity contribution in [3.8, 4) is 0 Å². The second-order valence-corrected chi connectivity index (χ2v) is 4.88. The summed E-state index contributed by atoms with van der Waals surface area (Å²) in [6.45, 7) is 0.741. The van der Waals surface area contributed by atoms with Crippen molar-refractivity contribution in [2.45, 2.75) is 12.3 Å². The van der Waals surface area contributed by atoms with E-state index in [2.05, 4.69) is 33.5 Å². The third-order valence-corrected chi connectivity index (χ3v) is 3.73. The van der Waals surface area contributed by atoms with E-state index in [4.69, 9.17) is 11.6 Å². The fourth-order valence-electron chi connectivity index (χ4n) is 2.38. The van der Waals surface area contributed by atoms with Gasteiger partial charge in [0.25, 0.3) is 0 Å². The summed E-state index contributed by atoms with van der Waals surface area (Å²) in [5.74, 6) is 0.962. The van der Waals surface area contributed by atoms with E-state index < -0.39 is 0 Å². The summed E-state index contributed by atoms with van der Waals surface area (Å²) < 4.78 is 0. The number of nitrogens with zero attached hydrogens (tertiary/aromatic N) is 2. The lowest BCUT2D eigenvalue weighted by molar-refractivity contribution is 0.112. The zero-order valence-corrected chi connectivity index (χ0v) is 10.9. The van der Waals surface area contributed by atoms with Gasteiger partial charge in [-0.15, -0.1) is 0 Å². The number of rotatable bonds is 4. The van der Waals surface area contributed by atoms with Crippen LogP contribution in [-0.4, -0.2) is 22.8 Å². The quantitative estimate of drug-likeness (QED) is 0.687. The van der Waals surface area contributed by atoms with Crippen molar-refractivity contribution in [1.82, 2.24) is 9.97 Å². The largest absolute Gasteiger partial charge is 0.369 e. The first kappa shape index (κ1) is 12.1. The summed E-state index contributed by atoms with van der Waals surface area (Å²) in [5, 5.41) is 3.36. The SMILES string of the molecule is O=Cc1c(Cl)ncnc1NCC1Cc2ccccc21. The van der Waals surface area contributed by atoms with Crippen LogP contribution in [0.1, 0.15) is 27.4 Å². The lowest BCUT2D eigenvalue weighted by Crippen LogP contribution is -2.24. The second kappa shape index (κ2) is 4.97. The van der Waals surface area contributed by atoms with Crippen LogP contribution in [0.2, 0.25) is 5.15 Å². The number of nitrogens with one attached hydrogen (secondary N) is 1. The highest BCUT2D eigenvalue weighted by Gasteiger charge is 2.25. The maximum absolute atomic E-state index is 11.0. The molecule has 96 valence electrons. The Morgan fingerprint density at radius 1 is 1.37 bits per heavy atom. The van der Waals surface area contributed by atoms with Crippen LogP contribution in [0.15, 0.2) is 30.6 Å². The molecule has 1 aliphatic rings. The molecule has 1 aliphatic carbocycles. The highest BCUT2D eigenvalue weighted by atomic mass is 35.5.